The Bertz CT molecular complexity index is 836. The van der Waals surface area contributed by atoms with Gasteiger partial charge >= 0.3 is 0 Å². The molecule has 1 unspecified atom stereocenters. The van der Waals surface area contributed by atoms with Crippen LogP contribution in [0.15, 0.2) is 42.5 Å². The van der Waals surface area contributed by atoms with Crippen LogP contribution >= 0.6 is 23.2 Å². The fourth-order valence-electron chi connectivity index (χ4n) is 2.78. The van der Waals surface area contributed by atoms with Gasteiger partial charge in [-0.25, -0.2) is 4.39 Å². The first kappa shape index (κ1) is 23.2. The van der Waals surface area contributed by atoms with E-state index in [0.717, 1.165) is 0 Å². The fraction of sp³-hybridized carbons (Fsp3) is 0.364. The molecule has 29 heavy (non-hydrogen) atoms. The second-order valence-electron chi connectivity index (χ2n) is 7.34. The van der Waals surface area contributed by atoms with Crippen LogP contribution in [0.1, 0.15) is 31.9 Å². The number of hydrogen-bond acceptors (Lipinski definition) is 2. The highest BCUT2D eigenvalue weighted by molar-refractivity contribution is 6.36. The van der Waals surface area contributed by atoms with Crippen molar-refractivity contribution in [1.82, 2.24) is 10.2 Å². The second-order valence-corrected chi connectivity index (χ2v) is 8.15. The summed E-state index contributed by atoms with van der Waals surface area (Å²) in [6, 6.07) is 10.2. The number of hydrogen-bond donors (Lipinski definition) is 1. The van der Waals surface area contributed by atoms with Gasteiger partial charge in [-0.05, 0) is 48.2 Å². The molecular weight excluding hydrogens is 414 g/mol. The molecule has 0 heterocycles. The fourth-order valence-corrected chi connectivity index (χ4v) is 3.31. The van der Waals surface area contributed by atoms with Gasteiger partial charge in [0.1, 0.15) is 11.9 Å². The molecule has 0 aliphatic carbocycles. The number of amides is 2. The lowest BCUT2D eigenvalue weighted by atomic mass is 10.1. The molecule has 7 heteroatoms. The molecule has 156 valence electrons. The van der Waals surface area contributed by atoms with Gasteiger partial charge in [0, 0.05) is 23.1 Å². The maximum atomic E-state index is 13.2. The zero-order chi connectivity index (χ0) is 21.6. The van der Waals surface area contributed by atoms with E-state index < -0.39 is 6.04 Å². The van der Waals surface area contributed by atoms with Crippen LogP contribution in [0, 0.1) is 11.7 Å². The van der Waals surface area contributed by atoms with Crippen molar-refractivity contribution < 1.29 is 14.0 Å². The third-order valence-corrected chi connectivity index (χ3v) is 5.22. The third kappa shape index (κ3) is 6.72. The Morgan fingerprint density at radius 3 is 2.17 bits per heavy atom. The van der Waals surface area contributed by atoms with Crippen molar-refractivity contribution in [1.29, 1.82) is 0 Å². The van der Waals surface area contributed by atoms with Crippen molar-refractivity contribution in [2.45, 2.75) is 39.8 Å². The number of nitrogens with one attached hydrogen (secondary N) is 1. The van der Waals surface area contributed by atoms with E-state index in [1.807, 2.05) is 13.8 Å². The Morgan fingerprint density at radius 2 is 1.62 bits per heavy atom. The first-order chi connectivity index (χ1) is 13.7. The van der Waals surface area contributed by atoms with Crippen LogP contribution in [0.2, 0.25) is 10.0 Å². The SMILES string of the molecule is CC(C)CNC(=O)C(C)N(Cc1ccc(F)cc1)C(=O)Cc1c(Cl)cccc1Cl. The number of nitrogens with zero attached hydrogens (tertiary/aromatic N) is 1. The summed E-state index contributed by atoms with van der Waals surface area (Å²) in [7, 11) is 0. The maximum Gasteiger partial charge on any atom is 0.242 e. The lowest BCUT2D eigenvalue weighted by molar-refractivity contribution is -0.140. The minimum absolute atomic E-state index is 0.0402. The van der Waals surface area contributed by atoms with Crippen molar-refractivity contribution in [3.63, 3.8) is 0 Å². The van der Waals surface area contributed by atoms with Crippen LogP contribution in [0.25, 0.3) is 0 Å². The topological polar surface area (TPSA) is 49.4 Å². The molecule has 0 saturated heterocycles. The van der Waals surface area contributed by atoms with Crippen LogP contribution in [0.3, 0.4) is 0 Å². The molecule has 0 bridgehead atoms. The van der Waals surface area contributed by atoms with E-state index in [0.29, 0.717) is 27.7 Å². The molecule has 1 N–H and O–H groups in total. The van der Waals surface area contributed by atoms with Gasteiger partial charge in [0.05, 0.1) is 6.42 Å². The summed E-state index contributed by atoms with van der Waals surface area (Å²) in [6.07, 6.45) is -0.0402. The largest absolute Gasteiger partial charge is 0.354 e. The predicted molar refractivity (Wildman–Crippen MR) is 114 cm³/mol. The average molecular weight is 439 g/mol. The molecule has 0 aromatic heterocycles. The minimum atomic E-state index is -0.715. The summed E-state index contributed by atoms with van der Waals surface area (Å²) in [5.41, 5.74) is 1.23. The van der Waals surface area contributed by atoms with E-state index in [1.54, 1.807) is 37.3 Å². The first-order valence-corrected chi connectivity index (χ1v) is 10.2. The normalized spacial score (nSPS) is 12.0. The number of halogens is 3. The van der Waals surface area contributed by atoms with Crippen molar-refractivity contribution in [2.75, 3.05) is 6.54 Å². The van der Waals surface area contributed by atoms with Gasteiger partial charge < -0.3 is 10.2 Å². The molecule has 0 spiro atoms. The van der Waals surface area contributed by atoms with Gasteiger partial charge in [-0.3, -0.25) is 9.59 Å². The Kier molecular flexibility index (Phi) is 8.47. The third-order valence-electron chi connectivity index (χ3n) is 4.51. The summed E-state index contributed by atoms with van der Waals surface area (Å²) >= 11 is 12.4. The molecule has 2 aromatic carbocycles. The van der Waals surface area contributed by atoms with Crippen LogP contribution in [0.4, 0.5) is 4.39 Å². The van der Waals surface area contributed by atoms with Gasteiger partial charge in [0.15, 0.2) is 0 Å². The Balaban J connectivity index is 2.26. The van der Waals surface area contributed by atoms with E-state index in [2.05, 4.69) is 5.32 Å². The summed E-state index contributed by atoms with van der Waals surface area (Å²) in [5.74, 6) is -0.623. The molecule has 0 aliphatic heterocycles. The van der Waals surface area contributed by atoms with Gasteiger partial charge in [0.2, 0.25) is 11.8 Å². The molecule has 1 atom stereocenters. The molecule has 2 aromatic rings. The van der Waals surface area contributed by atoms with E-state index >= 15 is 0 Å². The van der Waals surface area contributed by atoms with Crippen LogP contribution in [-0.2, 0) is 22.6 Å². The van der Waals surface area contributed by atoms with Gasteiger partial charge in [-0.1, -0.05) is 55.2 Å². The molecule has 2 amide bonds. The lowest BCUT2D eigenvalue weighted by Crippen LogP contribution is -2.48. The highest BCUT2D eigenvalue weighted by Gasteiger charge is 2.27. The Labute approximate surface area is 181 Å². The zero-order valence-electron chi connectivity index (χ0n) is 16.7. The predicted octanol–water partition coefficient (Wildman–Crippen LogP) is 4.86. The van der Waals surface area contributed by atoms with E-state index in [1.165, 1.54) is 17.0 Å². The number of carbonyl (C=O) groups is 2. The van der Waals surface area contributed by atoms with E-state index in [4.69, 9.17) is 23.2 Å². The standard InChI is InChI=1S/C22H25Cl2FN2O2/c1-14(2)12-26-22(29)15(3)27(13-16-7-9-17(25)10-8-16)21(28)11-18-19(23)5-4-6-20(18)24/h4-10,14-15H,11-13H2,1-3H3,(H,26,29). The monoisotopic (exact) mass is 438 g/mol. The van der Waals surface area contributed by atoms with Gasteiger partial charge in [-0.15, -0.1) is 0 Å². The summed E-state index contributed by atoms with van der Waals surface area (Å²) in [5, 5.41) is 3.64. The number of carbonyl (C=O) groups excluding carboxylic acids is 2. The zero-order valence-corrected chi connectivity index (χ0v) is 18.2. The minimum Gasteiger partial charge on any atom is -0.354 e. The molecule has 0 radical (unpaired) electrons. The van der Waals surface area contributed by atoms with E-state index in [-0.39, 0.29) is 36.5 Å². The lowest BCUT2D eigenvalue weighted by Gasteiger charge is -2.29. The van der Waals surface area contributed by atoms with Crippen LogP contribution in [0.5, 0.6) is 0 Å². The van der Waals surface area contributed by atoms with Crippen LogP contribution in [-0.4, -0.2) is 29.3 Å². The first-order valence-electron chi connectivity index (χ1n) is 9.43. The van der Waals surface area contributed by atoms with Gasteiger partial charge in [0.25, 0.3) is 0 Å². The van der Waals surface area contributed by atoms with Crippen molar-refractivity contribution >= 4 is 35.0 Å². The molecule has 0 saturated carbocycles. The molecular formula is C22H25Cl2FN2O2. The van der Waals surface area contributed by atoms with Crippen molar-refractivity contribution in [3.05, 3.63) is 69.5 Å². The smallest absolute Gasteiger partial charge is 0.242 e. The number of benzene rings is 2. The molecule has 0 aliphatic rings. The molecule has 2 rings (SSSR count). The van der Waals surface area contributed by atoms with Crippen molar-refractivity contribution in [3.8, 4) is 0 Å². The molecule has 4 nitrogen and oxygen atoms in total. The Hall–Kier alpha value is -2.11. The summed E-state index contributed by atoms with van der Waals surface area (Å²) in [6.45, 7) is 6.33. The van der Waals surface area contributed by atoms with Gasteiger partial charge in [-0.2, -0.15) is 0 Å². The maximum absolute atomic E-state index is 13.2. The summed E-state index contributed by atoms with van der Waals surface area (Å²) < 4.78 is 13.2. The van der Waals surface area contributed by atoms with Crippen LogP contribution < -0.4 is 5.32 Å². The summed E-state index contributed by atoms with van der Waals surface area (Å²) in [4.78, 5) is 27.2. The number of rotatable bonds is 8. The highest BCUT2D eigenvalue weighted by Crippen LogP contribution is 2.26. The highest BCUT2D eigenvalue weighted by atomic mass is 35.5. The quantitative estimate of drug-likeness (QED) is 0.639. The van der Waals surface area contributed by atoms with E-state index in [9.17, 15) is 14.0 Å². The van der Waals surface area contributed by atoms with Crippen molar-refractivity contribution in [2.24, 2.45) is 5.92 Å². The average Bonchev–Trinajstić information content (AvgIpc) is 2.67. The second kappa shape index (κ2) is 10.6. The Morgan fingerprint density at radius 1 is 1.03 bits per heavy atom. The molecule has 0 fully saturated rings.